The van der Waals surface area contributed by atoms with Gasteiger partial charge in [-0.1, -0.05) is 27.2 Å². The highest BCUT2D eigenvalue weighted by Gasteiger charge is 2.33. The first-order valence-electron chi connectivity index (χ1n) is 6.38. The molecule has 3 atom stereocenters. The molecule has 0 aromatic carbocycles. The molecule has 16 heavy (non-hydrogen) atoms. The number of rotatable bonds is 3. The highest BCUT2D eigenvalue weighted by molar-refractivity contribution is 5.60. The third-order valence-electron chi connectivity index (χ3n) is 3.47. The van der Waals surface area contributed by atoms with Crippen molar-refractivity contribution < 1.29 is 14.3 Å². The Balaban J connectivity index is 2.54. The molecule has 3 heteroatoms. The Hall–Kier alpha value is -0.730. The first-order valence-corrected chi connectivity index (χ1v) is 6.38. The molecule has 0 spiro atoms. The zero-order valence-corrected chi connectivity index (χ0v) is 10.9. The van der Waals surface area contributed by atoms with E-state index >= 15 is 0 Å². The van der Waals surface area contributed by atoms with Gasteiger partial charge in [0.15, 0.2) is 0 Å². The van der Waals surface area contributed by atoms with Crippen LogP contribution in [0, 0.1) is 17.8 Å². The predicted octanol–water partition coefficient (Wildman–Crippen LogP) is 3.62. The molecule has 0 aliphatic heterocycles. The fourth-order valence-electron chi connectivity index (χ4n) is 2.53. The Morgan fingerprint density at radius 2 is 2.06 bits per heavy atom. The van der Waals surface area contributed by atoms with Crippen LogP contribution in [0.5, 0.6) is 0 Å². The molecule has 0 aromatic heterocycles. The van der Waals surface area contributed by atoms with E-state index < -0.39 is 6.16 Å². The Morgan fingerprint density at radius 3 is 2.62 bits per heavy atom. The highest BCUT2D eigenvalue weighted by atomic mass is 16.7. The lowest BCUT2D eigenvalue weighted by atomic mass is 9.75. The van der Waals surface area contributed by atoms with Crippen LogP contribution in [-0.2, 0) is 9.47 Å². The van der Waals surface area contributed by atoms with Gasteiger partial charge in [-0.05, 0) is 37.5 Å². The van der Waals surface area contributed by atoms with Gasteiger partial charge in [0.1, 0.15) is 6.10 Å². The van der Waals surface area contributed by atoms with Crippen molar-refractivity contribution in [1.29, 1.82) is 0 Å². The Kier molecular flexibility index (Phi) is 5.10. The van der Waals surface area contributed by atoms with Crippen LogP contribution >= 0.6 is 0 Å². The van der Waals surface area contributed by atoms with Gasteiger partial charge < -0.3 is 9.47 Å². The molecule has 3 nitrogen and oxygen atoms in total. The van der Waals surface area contributed by atoms with Gasteiger partial charge in [0.05, 0.1) is 6.61 Å². The lowest BCUT2D eigenvalue weighted by Gasteiger charge is -2.36. The molecule has 1 fully saturated rings. The number of ether oxygens (including phenoxy) is 2. The second-order valence-electron chi connectivity index (χ2n) is 5.17. The molecule has 1 aliphatic carbocycles. The summed E-state index contributed by atoms with van der Waals surface area (Å²) in [6.07, 6.45) is 2.91. The van der Waals surface area contributed by atoms with E-state index in [2.05, 4.69) is 20.8 Å². The molecule has 0 unspecified atom stereocenters. The van der Waals surface area contributed by atoms with Crippen molar-refractivity contribution in [2.75, 3.05) is 6.61 Å². The molecule has 0 bridgehead atoms. The average molecular weight is 228 g/mol. The van der Waals surface area contributed by atoms with Gasteiger partial charge in [0.2, 0.25) is 0 Å². The van der Waals surface area contributed by atoms with E-state index in [0.29, 0.717) is 24.4 Å². The minimum atomic E-state index is -0.507. The smallest absolute Gasteiger partial charge is 0.435 e. The average Bonchev–Trinajstić information content (AvgIpc) is 2.17. The fraction of sp³-hybridized carbons (Fsp3) is 0.923. The Morgan fingerprint density at radius 1 is 1.38 bits per heavy atom. The van der Waals surface area contributed by atoms with Crippen LogP contribution in [0.2, 0.25) is 0 Å². The summed E-state index contributed by atoms with van der Waals surface area (Å²) in [6, 6.07) is 0. The highest BCUT2D eigenvalue weighted by Crippen LogP contribution is 2.35. The largest absolute Gasteiger partial charge is 0.508 e. The summed E-state index contributed by atoms with van der Waals surface area (Å²) >= 11 is 0. The standard InChI is InChI=1S/C13H24O3/c1-5-15-13(14)16-12-8-10(4)6-7-11(12)9(2)3/h9-12H,5-8H2,1-4H3/t10-,11+,12-/m0/s1. The molecule has 1 rings (SSSR count). The second kappa shape index (κ2) is 6.12. The summed E-state index contributed by atoms with van der Waals surface area (Å²) in [5, 5.41) is 0. The maximum Gasteiger partial charge on any atom is 0.508 e. The van der Waals surface area contributed by atoms with E-state index in [1.54, 1.807) is 6.92 Å². The zero-order valence-electron chi connectivity index (χ0n) is 10.9. The van der Waals surface area contributed by atoms with Crippen molar-refractivity contribution in [2.45, 2.75) is 53.1 Å². The monoisotopic (exact) mass is 228 g/mol. The van der Waals surface area contributed by atoms with Crippen molar-refractivity contribution in [2.24, 2.45) is 17.8 Å². The van der Waals surface area contributed by atoms with Crippen LogP contribution in [0.15, 0.2) is 0 Å². The van der Waals surface area contributed by atoms with Crippen molar-refractivity contribution in [1.82, 2.24) is 0 Å². The van der Waals surface area contributed by atoms with E-state index in [9.17, 15) is 4.79 Å². The van der Waals surface area contributed by atoms with E-state index in [1.807, 2.05) is 0 Å². The maximum atomic E-state index is 11.3. The molecule has 1 aliphatic rings. The molecular weight excluding hydrogens is 204 g/mol. The van der Waals surface area contributed by atoms with Gasteiger partial charge in [-0.25, -0.2) is 4.79 Å². The lowest BCUT2D eigenvalue weighted by molar-refractivity contribution is -0.0303. The fourth-order valence-corrected chi connectivity index (χ4v) is 2.53. The molecule has 94 valence electrons. The van der Waals surface area contributed by atoms with Crippen LogP contribution in [0.3, 0.4) is 0 Å². The normalized spacial score (nSPS) is 30.2. The number of hydrogen-bond donors (Lipinski definition) is 0. The van der Waals surface area contributed by atoms with Crippen molar-refractivity contribution in [3.63, 3.8) is 0 Å². The van der Waals surface area contributed by atoms with Gasteiger partial charge in [0, 0.05) is 0 Å². The topological polar surface area (TPSA) is 35.5 Å². The predicted molar refractivity (Wildman–Crippen MR) is 63.2 cm³/mol. The van der Waals surface area contributed by atoms with Crippen molar-refractivity contribution in [3.05, 3.63) is 0 Å². The molecule has 0 radical (unpaired) electrons. The zero-order chi connectivity index (χ0) is 12.1. The SMILES string of the molecule is CCOC(=O)O[C@H]1C[C@@H](C)CC[C@@H]1C(C)C. The van der Waals surface area contributed by atoms with Gasteiger partial charge in [-0.15, -0.1) is 0 Å². The van der Waals surface area contributed by atoms with Gasteiger partial charge in [0.25, 0.3) is 0 Å². The molecule has 0 saturated heterocycles. The molecule has 1 saturated carbocycles. The van der Waals surface area contributed by atoms with Gasteiger partial charge >= 0.3 is 6.16 Å². The van der Waals surface area contributed by atoms with Crippen LogP contribution in [0.25, 0.3) is 0 Å². The van der Waals surface area contributed by atoms with Gasteiger partial charge in [-0.3, -0.25) is 0 Å². The van der Waals surface area contributed by atoms with E-state index in [4.69, 9.17) is 9.47 Å². The van der Waals surface area contributed by atoms with Crippen LogP contribution in [0.4, 0.5) is 4.79 Å². The second-order valence-corrected chi connectivity index (χ2v) is 5.17. The Bertz CT molecular complexity index is 225. The quantitative estimate of drug-likeness (QED) is 0.692. The summed E-state index contributed by atoms with van der Waals surface area (Å²) in [7, 11) is 0. The lowest BCUT2D eigenvalue weighted by Crippen LogP contribution is -2.36. The van der Waals surface area contributed by atoms with Crippen molar-refractivity contribution in [3.8, 4) is 0 Å². The molecule has 0 heterocycles. The van der Waals surface area contributed by atoms with E-state index in [-0.39, 0.29) is 6.10 Å². The maximum absolute atomic E-state index is 11.3. The molecule has 0 aromatic rings. The summed E-state index contributed by atoms with van der Waals surface area (Å²) in [5.74, 6) is 1.70. The third-order valence-corrected chi connectivity index (χ3v) is 3.47. The van der Waals surface area contributed by atoms with E-state index in [0.717, 1.165) is 12.8 Å². The van der Waals surface area contributed by atoms with Crippen LogP contribution in [-0.4, -0.2) is 18.9 Å². The first kappa shape index (κ1) is 13.3. The first-order chi connectivity index (χ1) is 7.54. The van der Waals surface area contributed by atoms with E-state index in [1.165, 1.54) is 6.42 Å². The number of carbonyl (C=O) groups excluding carboxylic acids is 1. The minimum absolute atomic E-state index is 0.0443. The Labute approximate surface area is 98.5 Å². The number of carbonyl (C=O) groups is 1. The van der Waals surface area contributed by atoms with Crippen LogP contribution in [0.1, 0.15) is 47.0 Å². The molecule has 0 N–H and O–H groups in total. The summed E-state index contributed by atoms with van der Waals surface area (Å²) in [6.45, 7) is 8.79. The molecular formula is C13H24O3. The van der Waals surface area contributed by atoms with Crippen LogP contribution < -0.4 is 0 Å². The minimum Gasteiger partial charge on any atom is -0.435 e. The summed E-state index contributed by atoms with van der Waals surface area (Å²) in [5.41, 5.74) is 0. The summed E-state index contributed by atoms with van der Waals surface area (Å²) in [4.78, 5) is 11.3. The number of hydrogen-bond acceptors (Lipinski definition) is 3. The third kappa shape index (κ3) is 3.69. The molecule has 0 amide bonds. The summed E-state index contributed by atoms with van der Waals surface area (Å²) < 4.78 is 10.3. The van der Waals surface area contributed by atoms with Gasteiger partial charge in [-0.2, -0.15) is 0 Å². The van der Waals surface area contributed by atoms with Crippen molar-refractivity contribution >= 4 is 6.16 Å².